The summed E-state index contributed by atoms with van der Waals surface area (Å²) < 4.78 is 7.77. The third-order valence-corrected chi connectivity index (χ3v) is 7.57. The second-order valence-corrected chi connectivity index (χ2v) is 11.7. The van der Waals surface area contributed by atoms with Crippen LogP contribution in [0.2, 0.25) is 10.0 Å². The maximum absolute atomic E-state index is 13.9. The Balaban J connectivity index is 2.03. The first-order chi connectivity index (χ1) is 17.9. The van der Waals surface area contributed by atoms with Gasteiger partial charge in [0, 0.05) is 16.6 Å². The molecule has 0 bridgehead atoms. The number of aromatic hydroxyl groups is 1. The number of nitrogens with zero attached hydrogens (tertiary/aromatic N) is 3. The lowest BCUT2D eigenvalue weighted by Gasteiger charge is -2.37. The van der Waals surface area contributed by atoms with Crippen LogP contribution in [0.5, 0.6) is 5.88 Å². The van der Waals surface area contributed by atoms with Crippen molar-refractivity contribution in [3.8, 4) is 11.9 Å². The molecule has 1 aliphatic heterocycles. The van der Waals surface area contributed by atoms with Gasteiger partial charge in [-0.3, -0.25) is 13.9 Å². The molecule has 1 aliphatic rings. The monoisotopic (exact) mass is 555 g/mol. The first-order valence-corrected chi connectivity index (χ1v) is 13.3. The van der Waals surface area contributed by atoms with Crippen LogP contribution in [-0.2, 0) is 21.5 Å². The molecule has 1 aromatic heterocycles. The summed E-state index contributed by atoms with van der Waals surface area (Å²) in [5.41, 5.74) is -0.307. The van der Waals surface area contributed by atoms with Crippen LogP contribution < -0.4 is 5.69 Å². The van der Waals surface area contributed by atoms with E-state index in [9.17, 15) is 20.0 Å². The van der Waals surface area contributed by atoms with E-state index >= 15 is 0 Å². The number of hydrogen-bond acceptors (Lipinski definition) is 5. The summed E-state index contributed by atoms with van der Waals surface area (Å²) in [5, 5.41) is 23.5. The highest BCUT2D eigenvalue weighted by molar-refractivity contribution is 6.30. The topological polar surface area (TPSA) is 97.2 Å². The summed E-state index contributed by atoms with van der Waals surface area (Å²) in [4.78, 5) is 26.0. The number of benzene rings is 2. The number of halogens is 2. The zero-order chi connectivity index (χ0) is 27.8. The SMILES string of the molecule is CCOC(=O)CCn1c(O)c2n(c1=O)[C@@H](CC(C)(C)C)[C@](C#N)(c1ccc(Cl)cc1)[C@H]2c1cccc(Cl)c1. The van der Waals surface area contributed by atoms with Crippen molar-refractivity contribution in [1.82, 2.24) is 9.13 Å². The van der Waals surface area contributed by atoms with Crippen LogP contribution in [0, 0.1) is 16.7 Å². The molecule has 1 N–H and O–H groups in total. The van der Waals surface area contributed by atoms with Crippen molar-refractivity contribution in [3.05, 3.63) is 85.9 Å². The molecular weight excluding hydrogens is 525 g/mol. The summed E-state index contributed by atoms with van der Waals surface area (Å²) in [5.74, 6) is -1.46. The molecule has 0 unspecified atom stereocenters. The maximum Gasteiger partial charge on any atom is 0.331 e. The van der Waals surface area contributed by atoms with Crippen LogP contribution >= 0.6 is 23.2 Å². The van der Waals surface area contributed by atoms with Crippen molar-refractivity contribution >= 4 is 29.2 Å². The Morgan fingerprint density at radius 3 is 2.42 bits per heavy atom. The van der Waals surface area contributed by atoms with E-state index in [-0.39, 0.29) is 30.9 Å². The molecule has 0 spiro atoms. The molecule has 0 aliphatic carbocycles. The van der Waals surface area contributed by atoms with Gasteiger partial charge in [0.1, 0.15) is 5.41 Å². The predicted octanol–water partition coefficient (Wildman–Crippen LogP) is 6.20. The number of ether oxygens (including phenoxy) is 1. The molecule has 3 aromatic rings. The quantitative estimate of drug-likeness (QED) is 0.350. The van der Waals surface area contributed by atoms with Gasteiger partial charge >= 0.3 is 11.7 Å². The number of nitriles is 1. The lowest BCUT2D eigenvalue weighted by Crippen LogP contribution is -2.40. The number of rotatable bonds is 7. The summed E-state index contributed by atoms with van der Waals surface area (Å²) >= 11 is 12.6. The van der Waals surface area contributed by atoms with Gasteiger partial charge in [0.15, 0.2) is 0 Å². The largest absolute Gasteiger partial charge is 0.493 e. The highest BCUT2D eigenvalue weighted by Gasteiger charge is 2.59. The Morgan fingerprint density at radius 1 is 1.16 bits per heavy atom. The number of imidazole rings is 1. The average Bonchev–Trinajstić information content (AvgIpc) is 3.26. The zero-order valence-electron chi connectivity index (χ0n) is 21.9. The molecule has 38 heavy (non-hydrogen) atoms. The fourth-order valence-electron chi connectivity index (χ4n) is 5.62. The fourth-order valence-corrected chi connectivity index (χ4v) is 5.94. The van der Waals surface area contributed by atoms with Gasteiger partial charge in [-0.25, -0.2) is 4.79 Å². The molecule has 0 radical (unpaired) electrons. The number of hydrogen-bond donors (Lipinski definition) is 1. The van der Waals surface area contributed by atoms with E-state index in [1.165, 1.54) is 4.57 Å². The van der Waals surface area contributed by atoms with Gasteiger partial charge in [-0.1, -0.05) is 68.2 Å². The first-order valence-electron chi connectivity index (χ1n) is 12.6. The van der Waals surface area contributed by atoms with Gasteiger partial charge < -0.3 is 9.84 Å². The summed E-state index contributed by atoms with van der Waals surface area (Å²) in [6.45, 7) is 8.03. The fraction of sp³-hybridized carbons (Fsp3) is 0.414. The minimum atomic E-state index is -1.26. The number of esters is 1. The Labute approximate surface area is 232 Å². The van der Waals surface area contributed by atoms with Crippen LogP contribution in [0.3, 0.4) is 0 Å². The van der Waals surface area contributed by atoms with Crippen LogP contribution in [0.1, 0.15) is 69.3 Å². The normalized spacial score (nSPS) is 20.7. The van der Waals surface area contributed by atoms with Crippen molar-refractivity contribution in [2.24, 2.45) is 5.41 Å². The molecule has 200 valence electrons. The minimum Gasteiger partial charge on any atom is -0.493 e. The van der Waals surface area contributed by atoms with Gasteiger partial charge in [0.05, 0.1) is 36.8 Å². The molecular formula is C29H31Cl2N3O4. The molecule has 7 nitrogen and oxygen atoms in total. The van der Waals surface area contributed by atoms with Gasteiger partial charge in [-0.15, -0.1) is 0 Å². The van der Waals surface area contributed by atoms with E-state index in [0.717, 1.165) is 0 Å². The van der Waals surface area contributed by atoms with Gasteiger partial charge in [-0.05, 0) is 54.2 Å². The van der Waals surface area contributed by atoms with Crippen molar-refractivity contribution < 1.29 is 14.6 Å². The molecule has 0 saturated carbocycles. The molecule has 4 rings (SSSR count). The average molecular weight is 556 g/mol. The van der Waals surface area contributed by atoms with E-state index in [1.54, 1.807) is 41.8 Å². The molecule has 2 aromatic carbocycles. The van der Waals surface area contributed by atoms with Gasteiger partial charge in [-0.2, -0.15) is 5.26 Å². The van der Waals surface area contributed by atoms with Crippen molar-refractivity contribution in [3.63, 3.8) is 0 Å². The number of fused-ring (bicyclic) bond motifs is 1. The van der Waals surface area contributed by atoms with Crippen molar-refractivity contribution in [2.45, 2.75) is 64.5 Å². The van der Waals surface area contributed by atoms with Gasteiger partial charge in [0.25, 0.3) is 0 Å². The van der Waals surface area contributed by atoms with Crippen molar-refractivity contribution in [2.75, 3.05) is 6.61 Å². The molecule has 0 saturated heterocycles. The Kier molecular flexibility index (Phi) is 7.69. The van der Waals surface area contributed by atoms with E-state index in [2.05, 4.69) is 6.07 Å². The van der Waals surface area contributed by atoms with Crippen LogP contribution in [0.25, 0.3) is 0 Å². The summed E-state index contributed by atoms with van der Waals surface area (Å²) in [7, 11) is 0. The lowest BCUT2D eigenvalue weighted by atomic mass is 9.63. The predicted molar refractivity (Wildman–Crippen MR) is 147 cm³/mol. The van der Waals surface area contributed by atoms with E-state index < -0.39 is 29.0 Å². The highest BCUT2D eigenvalue weighted by Crippen LogP contribution is 2.59. The third-order valence-electron chi connectivity index (χ3n) is 7.09. The number of carbonyl (C=O) groups excluding carboxylic acids is 1. The molecule has 9 heteroatoms. The highest BCUT2D eigenvalue weighted by atomic mass is 35.5. The van der Waals surface area contributed by atoms with E-state index in [1.807, 2.05) is 39.0 Å². The molecule has 0 fully saturated rings. The summed E-state index contributed by atoms with van der Waals surface area (Å²) in [6.07, 6.45) is 0.394. The maximum atomic E-state index is 13.9. The Hall–Kier alpha value is -3.21. The Morgan fingerprint density at radius 2 is 1.84 bits per heavy atom. The van der Waals surface area contributed by atoms with Crippen LogP contribution in [0.4, 0.5) is 0 Å². The summed E-state index contributed by atoms with van der Waals surface area (Å²) in [6, 6.07) is 16.2. The third kappa shape index (κ3) is 4.83. The van der Waals surface area contributed by atoms with Crippen LogP contribution in [0.15, 0.2) is 53.3 Å². The van der Waals surface area contributed by atoms with E-state index in [0.29, 0.717) is 33.3 Å². The standard InChI is InChI=1S/C29H31Cl2N3O4/c1-5-38-23(35)13-14-33-26(36)25-24(18-7-6-8-21(31)15-18)29(17-32,19-9-11-20(30)12-10-19)22(16-28(2,3)4)34(25)27(33)37/h6-12,15,22,24,36H,5,13-14,16H2,1-4H3/t22-,24-,29-/m0/s1. The lowest BCUT2D eigenvalue weighted by molar-refractivity contribution is -0.143. The van der Waals surface area contributed by atoms with Crippen LogP contribution in [-0.4, -0.2) is 26.8 Å². The number of carbonyl (C=O) groups is 1. The molecule has 3 atom stereocenters. The molecule has 2 heterocycles. The Bertz CT molecular complexity index is 1450. The zero-order valence-corrected chi connectivity index (χ0v) is 23.4. The number of aromatic nitrogens is 2. The smallest absolute Gasteiger partial charge is 0.331 e. The minimum absolute atomic E-state index is 0.0471. The van der Waals surface area contributed by atoms with Crippen molar-refractivity contribution in [1.29, 1.82) is 5.26 Å². The first kappa shape index (κ1) is 27.8. The second-order valence-electron chi connectivity index (χ2n) is 10.8. The second kappa shape index (κ2) is 10.5. The molecule has 0 amide bonds. The van der Waals surface area contributed by atoms with E-state index in [4.69, 9.17) is 27.9 Å². The van der Waals surface area contributed by atoms with Gasteiger partial charge in [0.2, 0.25) is 5.88 Å².